The minimum atomic E-state index is -0.116. The van der Waals surface area contributed by atoms with Crippen molar-refractivity contribution in [2.75, 3.05) is 19.8 Å². The average molecular weight is 516 g/mol. The van der Waals surface area contributed by atoms with Crippen molar-refractivity contribution in [3.8, 4) is 17.2 Å². The molecule has 1 aromatic heterocycles. The van der Waals surface area contributed by atoms with Crippen LogP contribution >= 0.6 is 0 Å². The maximum Gasteiger partial charge on any atom is 0.297 e. The van der Waals surface area contributed by atoms with Gasteiger partial charge in [0, 0.05) is 17.5 Å². The molecule has 2 aromatic rings. The van der Waals surface area contributed by atoms with Crippen molar-refractivity contribution >= 4 is 10.9 Å². The molecule has 0 saturated carbocycles. The van der Waals surface area contributed by atoms with E-state index in [4.69, 9.17) is 14.2 Å². The SMILES string of the molecule is CCCCCCCCOc1ccc2c(OCCCCCC)c(OCCCCCC)c(=O)n(C(C)C)c2c1. The van der Waals surface area contributed by atoms with E-state index in [2.05, 4.69) is 20.8 Å². The Kier molecular flexibility index (Phi) is 15.2. The first-order valence-electron chi connectivity index (χ1n) is 15.2. The molecule has 0 N–H and O–H groups in total. The van der Waals surface area contributed by atoms with Crippen molar-refractivity contribution in [2.24, 2.45) is 0 Å². The molecule has 0 atom stereocenters. The van der Waals surface area contributed by atoms with Crippen LogP contribution in [0.15, 0.2) is 23.0 Å². The highest BCUT2D eigenvalue weighted by Crippen LogP contribution is 2.36. The Balaban J connectivity index is 2.30. The smallest absolute Gasteiger partial charge is 0.297 e. The van der Waals surface area contributed by atoms with Gasteiger partial charge in [0.2, 0.25) is 5.75 Å². The largest absolute Gasteiger partial charge is 0.494 e. The van der Waals surface area contributed by atoms with Crippen LogP contribution < -0.4 is 19.8 Å². The van der Waals surface area contributed by atoms with E-state index in [-0.39, 0.29) is 11.6 Å². The molecular formula is C32H53NO4. The molecule has 1 aromatic carbocycles. The first-order chi connectivity index (χ1) is 18.0. The average Bonchev–Trinajstić information content (AvgIpc) is 2.88. The lowest BCUT2D eigenvalue weighted by molar-refractivity contribution is 0.256. The van der Waals surface area contributed by atoms with Crippen LogP contribution in [0.2, 0.25) is 0 Å². The first kappa shape index (κ1) is 31.1. The van der Waals surface area contributed by atoms with Gasteiger partial charge in [-0.15, -0.1) is 0 Å². The number of rotatable bonds is 21. The van der Waals surface area contributed by atoms with Crippen LogP contribution in [0, 0.1) is 0 Å². The fourth-order valence-electron chi connectivity index (χ4n) is 4.69. The number of benzene rings is 1. The van der Waals surface area contributed by atoms with E-state index in [1.54, 1.807) is 0 Å². The number of unbranched alkanes of at least 4 members (excludes halogenated alkanes) is 11. The number of hydrogen-bond donors (Lipinski definition) is 0. The van der Waals surface area contributed by atoms with Gasteiger partial charge in [-0.2, -0.15) is 0 Å². The van der Waals surface area contributed by atoms with Gasteiger partial charge in [-0.1, -0.05) is 91.4 Å². The molecule has 2 rings (SSSR count). The minimum absolute atomic E-state index is 0.00939. The van der Waals surface area contributed by atoms with Crippen molar-refractivity contribution in [1.82, 2.24) is 4.57 Å². The summed E-state index contributed by atoms with van der Waals surface area (Å²) >= 11 is 0. The second-order valence-electron chi connectivity index (χ2n) is 10.5. The molecule has 1 heterocycles. The molecule has 0 radical (unpaired) electrons. The zero-order chi connectivity index (χ0) is 26.9. The van der Waals surface area contributed by atoms with Gasteiger partial charge in [0.1, 0.15) is 5.75 Å². The molecular weight excluding hydrogens is 462 g/mol. The van der Waals surface area contributed by atoms with E-state index in [1.165, 1.54) is 57.8 Å². The fraction of sp³-hybridized carbons (Fsp3) is 0.719. The van der Waals surface area contributed by atoms with Crippen LogP contribution in [-0.4, -0.2) is 24.4 Å². The molecule has 37 heavy (non-hydrogen) atoms. The molecule has 0 aliphatic heterocycles. The molecule has 0 spiro atoms. The van der Waals surface area contributed by atoms with Gasteiger partial charge in [-0.25, -0.2) is 0 Å². The van der Waals surface area contributed by atoms with Gasteiger partial charge in [0.25, 0.3) is 5.56 Å². The molecule has 0 amide bonds. The van der Waals surface area contributed by atoms with Crippen molar-refractivity contribution in [2.45, 2.75) is 131 Å². The van der Waals surface area contributed by atoms with E-state index in [9.17, 15) is 4.79 Å². The summed E-state index contributed by atoms with van der Waals surface area (Å²) in [5.41, 5.74) is 0.733. The number of nitrogens with zero attached hydrogens (tertiary/aromatic N) is 1. The normalized spacial score (nSPS) is 11.4. The highest BCUT2D eigenvalue weighted by atomic mass is 16.5. The van der Waals surface area contributed by atoms with Gasteiger partial charge in [-0.05, 0) is 45.2 Å². The summed E-state index contributed by atoms with van der Waals surface area (Å²) in [5, 5.41) is 0.916. The molecule has 0 aliphatic carbocycles. The Morgan fingerprint density at radius 2 is 1.14 bits per heavy atom. The molecule has 5 heteroatoms. The number of aromatic nitrogens is 1. The topological polar surface area (TPSA) is 49.7 Å². The van der Waals surface area contributed by atoms with Gasteiger partial charge < -0.3 is 18.8 Å². The van der Waals surface area contributed by atoms with Gasteiger partial charge in [0.05, 0.1) is 25.3 Å². The van der Waals surface area contributed by atoms with Gasteiger partial charge in [0.15, 0.2) is 5.75 Å². The minimum Gasteiger partial charge on any atom is -0.494 e. The predicted molar refractivity (Wildman–Crippen MR) is 157 cm³/mol. The summed E-state index contributed by atoms with van der Waals surface area (Å²) in [5.74, 6) is 1.75. The zero-order valence-electron chi connectivity index (χ0n) is 24.4. The Morgan fingerprint density at radius 3 is 1.70 bits per heavy atom. The monoisotopic (exact) mass is 515 g/mol. The highest BCUT2D eigenvalue weighted by molar-refractivity contribution is 5.89. The summed E-state index contributed by atoms with van der Waals surface area (Å²) in [6.45, 7) is 12.5. The van der Waals surface area contributed by atoms with Crippen LogP contribution in [0.4, 0.5) is 0 Å². The third kappa shape index (κ3) is 10.2. The molecule has 0 bridgehead atoms. The molecule has 0 fully saturated rings. The Morgan fingerprint density at radius 1 is 0.649 bits per heavy atom. The summed E-state index contributed by atoms with van der Waals surface area (Å²) in [4.78, 5) is 13.7. The van der Waals surface area contributed by atoms with Crippen LogP contribution in [0.1, 0.15) is 131 Å². The standard InChI is InChI=1S/C32H53NO4/c1-6-9-12-15-16-19-22-35-27-20-21-28-29(25-27)33(26(4)5)32(34)31(37-24-18-14-11-8-3)30(28)36-23-17-13-10-7-2/h20-21,25-26H,6-19,22-24H2,1-5H3. The van der Waals surface area contributed by atoms with Crippen molar-refractivity contribution in [1.29, 1.82) is 0 Å². The quantitative estimate of drug-likeness (QED) is 0.155. The fourth-order valence-corrected chi connectivity index (χ4v) is 4.69. The number of hydrogen-bond acceptors (Lipinski definition) is 4. The second kappa shape index (κ2) is 18.1. The summed E-state index contributed by atoms with van der Waals surface area (Å²) in [6, 6.07) is 6.03. The summed E-state index contributed by atoms with van der Waals surface area (Å²) in [7, 11) is 0. The Hall–Kier alpha value is -2.17. The highest BCUT2D eigenvalue weighted by Gasteiger charge is 2.21. The van der Waals surface area contributed by atoms with E-state index in [1.807, 2.05) is 36.6 Å². The molecule has 5 nitrogen and oxygen atoms in total. The Bertz CT molecular complexity index is 950. The van der Waals surface area contributed by atoms with Crippen LogP contribution in [0.3, 0.4) is 0 Å². The van der Waals surface area contributed by atoms with Gasteiger partial charge >= 0.3 is 0 Å². The van der Waals surface area contributed by atoms with E-state index < -0.39 is 0 Å². The second-order valence-corrected chi connectivity index (χ2v) is 10.5. The van der Waals surface area contributed by atoms with E-state index in [0.717, 1.165) is 48.8 Å². The lowest BCUT2D eigenvalue weighted by atomic mass is 10.1. The van der Waals surface area contributed by atoms with E-state index in [0.29, 0.717) is 31.3 Å². The third-order valence-corrected chi connectivity index (χ3v) is 6.86. The predicted octanol–water partition coefficient (Wildman–Crippen LogP) is 9.24. The van der Waals surface area contributed by atoms with Crippen molar-refractivity contribution in [3.05, 3.63) is 28.6 Å². The first-order valence-corrected chi connectivity index (χ1v) is 15.2. The number of pyridine rings is 1. The lowest BCUT2D eigenvalue weighted by Gasteiger charge is -2.21. The van der Waals surface area contributed by atoms with Gasteiger partial charge in [-0.3, -0.25) is 4.79 Å². The van der Waals surface area contributed by atoms with Crippen LogP contribution in [0.25, 0.3) is 10.9 Å². The lowest BCUT2D eigenvalue weighted by Crippen LogP contribution is -2.25. The summed E-state index contributed by atoms with van der Waals surface area (Å²) in [6.07, 6.45) is 16.3. The number of ether oxygens (including phenoxy) is 3. The van der Waals surface area contributed by atoms with Crippen LogP contribution in [-0.2, 0) is 0 Å². The maximum atomic E-state index is 13.7. The number of fused-ring (bicyclic) bond motifs is 1. The molecule has 0 saturated heterocycles. The Labute approximate surface area is 225 Å². The van der Waals surface area contributed by atoms with E-state index >= 15 is 0 Å². The molecule has 0 aliphatic rings. The third-order valence-electron chi connectivity index (χ3n) is 6.86. The van der Waals surface area contributed by atoms with Crippen molar-refractivity contribution < 1.29 is 14.2 Å². The maximum absolute atomic E-state index is 13.7. The van der Waals surface area contributed by atoms with Crippen molar-refractivity contribution in [3.63, 3.8) is 0 Å². The molecule has 0 unspecified atom stereocenters. The molecule has 210 valence electrons. The summed E-state index contributed by atoms with van der Waals surface area (Å²) < 4.78 is 20.4. The zero-order valence-corrected chi connectivity index (χ0v) is 24.4. The van der Waals surface area contributed by atoms with Crippen LogP contribution in [0.5, 0.6) is 17.2 Å².